The largest absolute Gasteiger partial charge is 0.496 e. The van der Waals surface area contributed by atoms with E-state index in [0.29, 0.717) is 24.2 Å². The van der Waals surface area contributed by atoms with E-state index >= 15 is 0 Å². The highest BCUT2D eigenvalue weighted by Crippen LogP contribution is 2.36. The van der Waals surface area contributed by atoms with Gasteiger partial charge in [-0.2, -0.15) is 0 Å². The van der Waals surface area contributed by atoms with Crippen LogP contribution in [-0.2, 0) is 42.5 Å². The van der Waals surface area contributed by atoms with Crippen LogP contribution in [0.3, 0.4) is 0 Å². The summed E-state index contributed by atoms with van der Waals surface area (Å²) in [5.74, 6) is -3.09. The second-order valence-corrected chi connectivity index (χ2v) is 19.5. The van der Waals surface area contributed by atoms with Gasteiger partial charge in [-0.3, -0.25) is 33.4 Å². The molecule has 0 fully saturated rings. The number of aliphatic hydroxyl groups is 1. The first-order valence-electron chi connectivity index (χ1n) is 22.1. The van der Waals surface area contributed by atoms with Gasteiger partial charge in [0.2, 0.25) is 0 Å². The van der Waals surface area contributed by atoms with Crippen molar-refractivity contribution in [3.05, 3.63) is 177 Å². The summed E-state index contributed by atoms with van der Waals surface area (Å²) < 4.78 is 68.1. The standard InChI is InChI=1S/C26H28N2O7S.C26H26N2O7S/c2*1-4-27-26(32)18-8-11-20(22(15-18)28-36(33,34)19-9-5-16(2)6-10-19)25(31)21-13-17(14-24(29)30)7-12-23(21)35-3/h5-13,15,25,28,31H,4,14H2,1-3H3,(H,27,32)(H,29,30);5-13,15,28H,4,14H2,1-3H3,(H,27,32)(H,29,30). The third-order valence-corrected chi connectivity index (χ3v) is 13.5. The molecule has 72 heavy (non-hydrogen) atoms. The third-order valence-electron chi connectivity index (χ3n) is 10.8. The van der Waals surface area contributed by atoms with Gasteiger partial charge in [0.05, 0.1) is 53.8 Å². The van der Waals surface area contributed by atoms with Crippen LogP contribution >= 0.6 is 0 Å². The van der Waals surface area contributed by atoms with Gasteiger partial charge in [0.25, 0.3) is 31.9 Å². The number of carbonyl (C=O) groups is 5. The van der Waals surface area contributed by atoms with Gasteiger partial charge in [0, 0.05) is 40.9 Å². The summed E-state index contributed by atoms with van der Waals surface area (Å²) in [7, 11) is -5.40. The summed E-state index contributed by atoms with van der Waals surface area (Å²) in [6.07, 6.45) is -1.98. The van der Waals surface area contributed by atoms with Gasteiger partial charge in [-0.25, -0.2) is 16.8 Å². The molecule has 0 heterocycles. The van der Waals surface area contributed by atoms with Crippen molar-refractivity contribution in [2.45, 2.75) is 56.4 Å². The van der Waals surface area contributed by atoms with Crippen LogP contribution in [-0.4, -0.2) is 89.0 Å². The average molecular weight is 1020 g/mol. The summed E-state index contributed by atoms with van der Waals surface area (Å²) >= 11 is 0. The van der Waals surface area contributed by atoms with Crippen LogP contribution in [0.5, 0.6) is 11.5 Å². The van der Waals surface area contributed by atoms with E-state index < -0.39 is 55.7 Å². The number of aryl methyl sites for hydroxylation is 2. The number of hydrogen-bond acceptors (Lipinski definition) is 12. The minimum atomic E-state index is -4.11. The van der Waals surface area contributed by atoms with Crippen molar-refractivity contribution < 1.29 is 65.6 Å². The van der Waals surface area contributed by atoms with Crippen molar-refractivity contribution in [2.24, 2.45) is 0 Å². The number of ether oxygens (including phenoxy) is 2. The van der Waals surface area contributed by atoms with Crippen LogP contribution in [0, 0.1) is 13.8 Å². The van der Waals surface area contributed by atoms with Crippen LogP contribution < -0.4 is 29.6 Å². The fraction of sp³-hybridized carbons (Fsp3) is 0.212. The molecule has 378 valence electrons. The number of carbonyl (C=O) groups excluding carboxylic acids is 3. The molecule has 0 saturated heterocycles. The maximum Gasteiger partial charge on any atom is 0.307 e. The molecule has 2 amide bonds. The van der Waals surface area contributed by atoms with Crippen molar-refractivity contribution in [3.63, 3.8) is 0 Å². The molecule has 7 N–H and O–H groups in total. The highest BCUT2D eigenvalue weighted by Gasteiger charge is 2.26. The van der Waals surface area contributed by atoms with E-state index in [-0.39, 0.29) is 78.9 Å². The van der Waals surface area contributed by atoms with Gasteiger partial charge < -0.3 is 35.4 Å². The number of carboxylic acids is 2. The van der Waals surface area contributed by atoms with E-state index in [1.54, 1.807) is 44.2 Å². The van der Waals surface area contributed by atoms with Crippen molar-refractivity contribution in [2.75, 3.05) is 36.8 Å². The molecule has 20 heteroatoms. The van der Waals surface area contributed by atoms with Crippen molar-refractivity contribution >= 4 is 61.0 Å². The van der Waals surface area contributed by atoms with E-state index in [4.69, 9.17) is 19.7 Å². The van der Waals surface area contributed by atoms with Crippen molar-refractivity contribution in [3.8, 4) is 11.5 Å². The van der Waals surface area contributed by atoms with Crippen LogP contribution in [0.2, 0.25) is 0 Å². The Bertz CT molecular complexity index is 3220. The smallest absolute Gasteiger partial charge is 0.307 e. The number of sulfonamides is 2. The Hall–Kier alpha value is -8.07. The third kappa shape index (κ3) is 14.0. The Morgan fingerprint density at radius 2 is 0.972 bits per heavy atom. The molecule has 6 aromatic rings. The fourth-order valence-corrected chi connectivity index (χ4v) is 9.32. The maximum atomic E-state index is 13.6. The molecular formula is C52H54N4O14S2. The van der Waals surface area contributed by atoms with Gasteiger partial charge in [-0.15, -0.1) is 0 Å². The number of aliphatic hydroxyl groups excluding tert-OH is 1. The fourth-order valence-electron chi connectivity index (χ4n) is 7.17. The number of methoxy groups -OCH3 is 2. The normalized spacial score (nSPS) is 11.5. The number of nitrogens with one attached hydrogen (secondary N) is 4. The Labute approximate surface area is 417 Å². The van der Waals surface area contributed by atoms with Gasteiger partial charge in [0.1, 0.15) is 17.6 Å². The first kappa shape index (κ1) is 54.9. The van der Waals surface area contributed by atoms with Crippen molar-refractivity contribution in [1.82, 2.24) is 10.6 Å². The minimum Gasteiger partial charge on any atom is -0.496 e. The first-order valence-corrected chi connectivity index (χ1v) is 25.1. The lowest BCUT2D eigenvalue weighted by Crippen LogP contribution is -2.23. The summed E-state index contributed by atoms with van der Waals surface area (Å²) in [4.78, 5) is 60.8. The molecule has 0 aliphatic carbocycles. The summed E-state index contributed by atoms with van der Waals surface area (Å²) in [6, 6.07) is 29.7. The summed E-state index contributed by atoms with van der Waals surface area (Å²) in [5, 5.41) is 34.9. The molecule has 0 radical (unpaired) electrons. The summed E-state index contributed by atoms with van der Waals surface area (Å²) in [5.41, 5.74) is 3.22. The van der Waals surface area contributed by atoms with Crippen LogP contribution in [0.25, 0.3) is 0 Å². The number of rotatable bonds is 20. The number of carboxylic acid groups (broad SMARTS) is 2. The topological polar surface area (TPSA) is 281 Å². The highest BCUT2D eigenvalue weighted by atomic mass is 32.2. The second-order valence-electron chi connectivity index (χ2n) is 16.1. The molecule has 0 aliphatic rings. The Morgan fingerprint density at radius 3 is 1.44 bits per heavy atom. The van der Waals surface area contributed by atoms with E-state index in [9.17, 15) is 45.9 Å². The molecule has 6 aromatic carbocycles. The zero-order chi connectivity index (χ0) is 52.9. The number of hydrogen-bond donors (Lipinski definition) is 7. The number of anilines is 2. The van der Waals surface area contributed by atoms with Gasteiger partial charge >= 0.3 is 11.9 Å². The monoisotopic (exact) mass is 1020 g/mol. The van der Waals surface area contributed by atoms with Crippen LogP contribution in [0.15, 0.2) is 131 Å². The predicted molar refractivity (Wildman–Crippen MR) is 269 cm³/mol. The maximum absolute atomic E-state index is 13.6. The van der Waals surface area contributed by atoms with Gasteiger partial charge in [-0.1, -0.05) is 53.6 Å². The Morgan fingerprint density at radius 1 is 0.528 bits per heavy atom. The lowest BCUT2D eigenvalue weighted by molar-refractivity contribution is -0.137. The Kier molecular flexibility index (Phi) is 18.4. The molecule has 6 rings (SSSR count). The predicted octanol–water partition coefficient (Wildman–Crippen LogP) is 6.68. The average Bonchev–Trinajstić information content (AvgIpc) is 3.33. The number of aliphatic carboxylic acids is 2. The molecule has 18 nitrogen and oxygen atoms in total. The van der Waals surface area contributed by atoms with Crippen LogP contribution in [0.4, 0.5) is 11.4 Å². The van der Waals surface area contributed by atoms with Gasteiger partial charge in [0.15, 0.2) is 5.78 Å². The molecule has 0 bridgehead atoms. The number of ketones is 1. The van der Waals surface area contributed by atoms with E-state index in [1.165, 1.54) is 105 Å². The molecule has 0 saturated carbocycles. The van der Waals surface area contributed by atoms with E-state index in [0.717, 1.165) is 11.1 Å². The molecular weight excluding hydrogens is 969 g/mol. The van der Waals surface area contributed by atoms with Gasteiger partial charge in [-0.05, 0) is 118 Å². The number of amides is 2. The Balaban J connectivity index is 0.000000267. The number of benzene rings is 6. The minimum absolute atomic E-state index is 0.00230. The van der Waals surface area contributed by atoms with Crippen molar-refractivity contribution in [1.29, 1.82) is 0 Å². The molecule has 0 spiro atoms. The second kappa shape index (κ2) is 24.2. The zero-order valence-corrected chi connectivity index (χ0v) is 41.7. The van der Waals surface area contributed by atoms with E-state index in [2.05, 4.69) is 20.1 Å². The lowest BCUT2D eigenvalue weighted by atomic mass is 9.95. The lowest BCUT2D eigenvalue weighted by Gasteiger charge is -2.21. The van der Waals surface area contributed by atoms with E-state index in [1.807, 2.05) is 13.8 Å². The zero-order valence-electron chi connectivity index (χ0n) is 40.1. The first-order chi connectivity index (χ1) is 34.1. The molecule has 1 atom stereocenters. The molecule has 0 aliphatic heterocycles. The molecule has 0 aromatic heterocycles. The highest BCUT2D eigenvalue weighted by molar-refractivity contribution is 7.93. The van der Waals surface area contributed by atoms with Crippen LogP contribution in [0.1, 0.15) is 90.0 Å². The molecule has 1 unspecified atom stereocenters. The SMILES string of the molecule is CCNC(=O)c1ccc(C(=O)c2cc(CC(=O)O)ccc2OC)c(NS(=O)(=O)c2ccc(C)cc2)c1.CCNC(=O)c1ccc(C(O)c2cc(CC(=O)O)ccc2OC)c(NS(=O)(=O)c2ccc(C)cc2)c1. The quantitative estimate of drug-likeness (QED) is 0.0393. The summed E-state index contributed by atoms with van der Waals surface area (Å²) in [6.45, 7) is 7.89.